The van der Waals surface area contributed by atoms with Gasteiger partial charge in [-0.15, -0.1) is 0 Å². The summed E-state index contributed by atoms with van der Waals surface area (Å²) in [4.78, 5) is 76.1. The Morgan fingerprint density at radius 3 is 2.09 bits per heavy atom. The lowest BCUT2D eigenvalue weighted by Gasteiger charge is -2.33. The molecule has 65 heavy (non-hydrogen) atoms. The summed E-state index contributed by atoms with van der Waals surface area (Å²) < 4.78 is 37.1. The number of alkyl halides is 3. The summed E-state index contributed by atoms with van der Waals surface area (Å²) in [5, 5.41) is 25.0. The molecule has 1 atom stereocenters. The molecule has 352 valence electrons. The number of H-pyrrole nitrogens is 2. The zero-order valence-corrected chi connectivity index (χ0v) is 37.6. The molecule has 6 rings (SSSR count). The molecule has 2 fully saturated rings. The molecule has 1 heterocycles. The molecule has 0 spiro atoms. The van der Waals surface area contributed by atoms with Gasteiger partial charge in [-0.2, -0.15) is 13.2 Å². The van der Waals surface area contributed by atoms with Crippen LogP contribution in [0, 0.1) is 18.8 Å². The number of hydrogen-bond acceptors (Lipinski definition) is 8. The summed E-state index contributed by atoms with van der Waals surface area (Å²) in [5.74, 6) is -3.38. The highest BCUT2D eigenvalue weighted by Gasteiger charge is 2.38. The zero-order chi connectivity index (χ0) is 47.6. The number of carboxylic acids is 1. The van der Waals surface area contributed by atoms with E-state index in [-0.39, 0.29) is 47.6 Å². The van der Waals surface area contributed by atoms with Gasteiger partial charge in [-0.05, 0) is 152 Å². The number of amides is 4. The molecule has 0 bridgehead atoms. The number of halogens is 3. The largest absolute Gasteiger partial charge is 0.490 e. The van der Waals surface area contributed by atoms with E-state index >= 15 is 0 Å². The normalized spacial score (nSPS) is 19.3. The highest BCUT2D eigenvalue weighted by Crippen LogP contribution is 2.30. The molecular weight excluding hydrogens is 848 g/mol. The van der Waals surface area contributed by atoms with Crippen molar-refractivity contribution in [2.24, 2.45) is 11.8 Å². The van der Waals surface area contributed by atoms with Crippen LogP contribution in [0.15, 0.2) is 65.5 Å². The fraction of sp³-hybridized carbons (Fsp3) is 0.489. The van der Waals surface area contributed by atoms with E-state index in [9.17, 15) is 37.1 Å². The molecule has 0 radical (unpaired) electrons. The Labute approximate surface area is 375 Å². The van der Waals surface area contributed by atoms with Crippen molar-refractivity contribution in [3.63, 3.8) is 0 Å². The van der Waals surface area contributed by atoms with Gasteiger partial charge in [0.2, 0.25) is 11.8 Å². The molecule has 2 aliphatic rings. The van der Waals surface area contributed by atoms with Crippen molar-refractivity contribution in [1.82, 2.24) is 31.0 Å². The van der Waals surface area contributed by atoms with E-state index in [1.807, 2.05) is 70.2 Å². The van der Waals surface area contributed by atoms with Crippen molar-refractivity contribution >= 4 is 46.4 Å². The maximum Gasteiger partial charge on any atom is 0.490 e. The van der Waals surface area contributed by atoms with Crippen LogP contribution >= 0.6 is 0 Å². The van der Waals surface area contributed by atoms with Crippen molar-refractivity contribution in [3.8, 4) is 11.1 Å². The summed E-state index contributed by atoms with van der Waals surface area (Å²) in [6, 6.07) is 18.6. The van der Waals surface area contributed by atoms with E-state index in [0.717, 1.165) is 60.8 Å². The van der Waals surface area contributed by atoms with Gasteiger partial charge < -0.3 is 36.0 Å². The quantitative estimate of drug-likeness (QED) is 0.0774. The van der Waals surface area contributed by atoms with Crippen LogP contribution in [0.4, 0.5) is 23.7 Å². The SMILES string of the molecule is Cc1cc(C(=O)NC2CCC(N(C)C)CC2)ccc1-c1ccc(C[C@H](NC(=O)C2CCC(CNC(=O)OC(C)(C)C)CC2)C(=O)Nc2ccc3c(=O)[nH][nH]c3c2)cc1.O=C(O)C(F)(F)F. The van der Waals surface area contributed by atoms with Gasteiger partial charge in [-0.3, -0.25) is 29.4 Å². The fourth-order valence-corrected chi connectivity index (χ4v) is 8.20. The molecule has 0 unspecified atom stereocenters. The lowest BCUT2D eigenvalue weighted by Crippen LogP contribution is -2.48. The molecule has 0 aliphatic heterocycles. The number of benzene rings is 3. The summed E-state index contributed by atoms with van der Waals surface area (Å²) in [6.07, 6.45) is 1.66. The van der Waals surface area contributed by atoms with Gasteiger partial charge in [-0.25, -0.2) is 9.59 Å². The van der Waals surface area contributed by atoms with Crippen LogP contribution in [0.1, 0.15) is 93.6 Å². The van der Waals surface area contributed by atoms with Crippen LogP contribution in [-0.2, 0) is 25.5 Å². The molecule has 4 amide bonds. The highest BCUT2D eigenvalue weighted by atomic mass is 19.4. The first-order valence-corrected chi connectivity index (χ1v) is 21.8. The van der Waals surface area contributed by atoms with Crippen LogP contribution in [0.5, 0.6) is 0 Å². The number of carboxylic acid groups (broad SMARTS) is 1. The van der Waals surface area contributed by atoms with Gasteiger partial charge in [0.1, 0.15) is 11.6 Å². The number of aromatic amines is 2. The third-order valence-corrected chi connectivity index (χ3v) is 11.8. The Kier molecular flexibility index (Phi) is 16.6. The first kappa shape index (κ1) is 49.8. The number of aryl methyl sites for hydroxylation is 1. The molecule has 15 nitrogen and oxygen atoms in total. The van der Waals surface area contributed by atoms with E-state index in [4.69, 9.17) is 14.6 Å². The van der Waals surface area contributed by atoms with Crippen molar-refractivity contribution in [1.29, 1.82) is 0 Å². The van der Waals surface area contributed by atoms with Gasteiger partial charge in [0, 0.05) is 42.2 Å². The van der Waals surface area contributed by atoms with Crippen LogP contribution in [0.25, 0.3) is 22.0 Å². The monoisotopic (exact) mass is 907 g/mol. The predicted octanol–water partition coefficient (Wildman–Crippen LogP) is 7.06. The van der Waals surface area contributed by atoms with Gasteiger partial charge >= 0.3 is 18.2 Å². The Hall–Kier alpha value is -6.17. The molecule has 0 saturated heterocycles. The maximum absolute atomic E-state index is 13.9. The third-order valence-electron chi connectivity index (χ3n) is 11.8. The molecule has 7 N–H and O–H groups in total. The number of carbonyl (C=O) groups excluding carboxylic acids is 4. The second-order valence-electron chi connectivity index (χ2n) is 18.2. The summed E-state index contributed by atoms with van der Waals surface area (Å²) in [6.45, 7) is 7.96. The second kappa shape index (κ2) is 21.7. The summed E-state index contributed by atoms with van der Waals surface area (Å²) in [5.41, 5.74) is 4.70. The van der Waals surface area contributed by atoms with Gasteiger partial charge in [0.05, 0.1) is 10.9 Å². The highest BCUT2D eigenvalue weighted by molar-refractivity contribution is 5.99. The lowest BCUT2D eigenvalue weighted by molar-refractivity contribution is -0.192. The molecule has 18 heteroatoms. The minimum Gasteiger partial charge on any atom is -0.475 e. The smallest absolute Gasteiger partial charge is 0.475 e. The Morgan fingerprint density at radius 1 is 0.862 bits per heavy atom. The Morgan fingerprint density at radius 2 is 1.51 bits per heavy atom. The standard InChI is InChI=1S/C45H59N7O6.C2HF3O2/c1-27-23-32(41(54)47-33-16-19-35(20-17-33)52(5)6)15-21-36(27)30-11-7-28(8-12-30)24-39(43(56)48-34-18-22-37-38(25-34)50-51-42(37)55)49-40(53)31-13-9-29(10-14-31)26-46-44(57)58-45(2,3)4;3-2(4,5)1(6)7/h7-8,11-12,15,18,21-23,25,29,31,33,35,39H,9-10,13-14,16-17,19-20,24,26H2,1-6H3,(H,46,57)(H,47,54)(H,48,56)(H,49,53)(H2,50,51,55);(H,6,7)/t29?,31?,33?,35?,39-;/m0./s1. The lowest BCUT2D eigenvalue weighted by atomic mass is 9.81. The van der Waals surface area contributed by atoms with Gasteiger partial charge in [0.15, 0.2) is 0 Å². The molecule has 3 aromatic carbocycles. The summed E-state index contributed by atoms with van der Waals surface area (Å²) in [7, 11) is 4.23. The van der Waals surface area contributed by atoms with Crippen molar-refractivity contribution in [3.05, 3.63) is 87.7 Å². The maximum atomic E-state index is 13.9. The minimum atomic E-state index is -5.08. The van der Waals surface area contributed by atoms with Gasteiger partial charge in [0.25, 0.3) is 11.5 Å². The number of fused-ring (bicyclic) bond motifs is 1. The van der Waals surface area contributed by atoms with E-state index < -0.39 is 29.9 Å². The molecule has 4 aromatic rings. The number of anilines is 1. The molecule has 1 aromatic heterocycles. The molecule has 2 aliphatic carbocycles. The summed E-state index contributed by atoms with van der Waals surface area (Å²) >= 11 is 0. The first-order valence-electron chi connectivity index (χ1n) is 21.8. The zero-order valence-electron chi connectivity index (χ0n) is 37.6. The molecular formula is C47H60F3N7O8. The first-order chi connectivity index (χ1) is 30.6. The van der Waals surface area contributed by atoms with Crippen LogP contribution < -0.4 is 26.8 Å². The average Bonchev–Trinajstić information content (AvgIpc) is 3.61. The fourth-order valence-electron chi connectivity index (χ4n) is 8.20. The number of nitrogens with zero attached hydrogens (tertiary/aromatic N) is 1. The van der Waals surface area contributed by atoms with E-state index in [2.05, 4.69) is 50.5 Å². The predicted molar refractivity (Wildman–Crippen MR) is 240 cm³/mol. The number of carbonyl (C=O) groups is 5. The third kappa shape index (κ3) is 14.7. The van der Waals surface area contributed by atoms with Crippen molar-refractivity contribution < 1.29 is 47.0 Å². The number of rotatable bonds is 12. The Bertz CT molecular complexity index is 2360. The number of alkyl carbamates (subject to hydrolysis) is 1. The van der Waals surface area contributed by atoms with Crippen LogP contribution in [-0.4, -0.2) is 101 Å². The van der Waals surface area contributed by atoms with E-state index in [1.54, 1.807) is 18.2 Å². The second-order valence-corrected chi connectivity index (χ2v) is 18.2. The molecule has 2 saturated carbocycles. The van der Waals surface area contributed by atoms with E-state index in [1.165, 1.54) is 0 Å². The number of aliphatic carboxylic acids is 1. The number of aromatic nitrogens is 2. The topological polar surface area (TPSA) is 215 Å². The average molecular weight is 908 g/mol. The number of hydrogen-bond donors (Lipinski definition) is 7. The Balaban J connectivity index is 0.00000105. The van der Waals surface area contributed by atoms with Crippen molar-refractivity contribution in [2.75, 3.05) is 26.0 Å². The van der Waals surface area contributed by atoms with Gasteiger partial charge in [-0.1, -0.05) is 30.3 Å². The van der Waals surface area contributed by atoms with E-state index in [0.29, 0.717) is 47.6 Å². The van der Waals surface area contributed by atoms with Crippen LogP contribution in [0.3, 0.4) is 0 Å². The number of nitrogens with one attached hydrogen (secondary N) is 6. The van der Waals surface area contributed by atoms with Crippen LogP contribution in [0.2, 0.25) is 0 Å². The van der Waals surface area contributed by atoms with Crippen molar-refractivity contribution in [2.45, 2.75) is 115 Å². The minimum absolute atomic E-state index is 0.0470. The number of ether oxygens (including phenoxy) is 1.